The third-order valence-corrected chi connectivity index (χ3v) is 6.74. The Morgan fingerprint density at radius 3 is 2.12 bits per heavy atom. The van der Waals surface area contributed by atoms with Crippen molar-refractivity contribution in [3.05, 3.63) is 108 Å². The zero-order chi connectivity index (χ0) is 23.3. The van der Waals surface area contributed by atoms with Crippen molar-refractivity contribution in [3.63, 3.8) is 0 Å². The lowest BCUT2D eigenvalue weighted by Gasteiger charge is -2.24. The minimum Gasteiger partial charge on any atom is -0.264 e. The van der Waals surface area contributed by atoms with Gasteiger partial charge >= 0.3 is 0 Å². The van der Waals surface area contributed by atoms with E-state index in [1.54, 1.807) is 6.20 Å². The van der Waals surface area contributed by atoms with E-state index >= 15 is 0 Å². The smallest absolute Gasteiger partial charge is 0.226 e. The molecule has 0 atom stereocenters. The zero-order valence-corrected chi connectivity index (χ0v) is 19.6. The van der Waals surface area contributed by atoms with E-state index in [1.807, 2.05) is 42.6 Å². The normalized spacial score (nSPS) is 13.4. The molecular weight excluding hydrogens is 440 g/mol. The van der Waals surface area contributed by atoms with Gasteiger partial charge in [0.25, 0.3) is 0 Å². The van der Waals surface area contributed by atoms with E-state index in [2.05, 4.69) is 71.3 Å². The van der Waals surface area contributed by atoms with E-state index in [0.717, 1.165) is 22.3 Å². The van der Waals surface area contributed by atoms with Crippen molar-refractivity contribution < 1.29 is 0 Å². The average Bonchev–Trinajstić information content (AvgIpc) is 3.11. The molecule has 0 bridgehead atoms. The summed E-state index contributed by atoms with van der Waals surface area (Å²) in [5, 5.41) is 0.183. The first kappa shape index (κ1) is 20.7. The molecule has 0 fully saturated rings. The maximum atomic E-state index is 6.42. The first-order valence-electron chi connectivity index (χ1n) is 11.2. The highest BCUT2D eigenvalue weighted by Gasteiger charge is 2.37. The lowest BCUT2D eigenvalue weighted by molar-refractivity contribution is 0.661. The van der Waals surface area contributed by atoms with Gasteiger partial charge in [-0.05, 0) is 51.0 Å². The van der Waals surface area contributed by atoms with Crippen LogP contribution in [0, 0.1) is 0 Å². The van der Waals surface area contributed by atoms with Crippen LogP contribution in [0.3, 0.4) is 0 Å². The number of hydrogen-bond acceptors (Lipinski definition) is 4. The predicted molar refractivity (Wildman–Crippen MR) is 137 cm³/mol. The van der Waals surface area contributed by atoms with Gasteiger partial charge in [-0.3, -0.25) is 4.98 Å². The second kappa shape index (κ2) is 7.86. The van der Waals surface area contributed by atoms with Crippen molar-refractivity contribution >= 4 is 11.6 Å². The molecule has 34 heavy (non-hydrogen) atoms. The van der Waals surface area contributed by atoms with Crippen LogP contribution in [0.4, 0.5) is 0 Å². The molecule has 1 aliphatic carbocycles. The standard InChI is InChI=1S/C29H21ClN4/c1-29(2)24-11-4-3-8-21(24)22-9-5-10-23(25(22)29)27-32-26(33-28(30)34-27)19-14-12-18(13-15-19)20-7-6-16-31-17-20/h3-17H,1-2H3. The van der Waals surface area contributed by atoms with Crippen molar-refractivity contribution in [2.45, 2.75) is 19.3 Å². The molecule has 5 heteroatoms. The van der Waals surface area contributed by atoms with Crippen LogP contribution in [-0.4, -0.2) is 19.9 Å². The number of halogens is 1. The summed E-state index contributed by atoms with van der Waals surface area (Å²) in [6, 6.07) is 27.0. The van der Waals surface area contributed by atoms with E-state index in [4.69, 9.17) is 16.6 Å². The van der Waals surface area contributed by atoms with E-state index in [1.165, 1.54) is 22.3 Å². The predicted octanol–water partition coefficient (Wildman–Crippen LogP) is 7.23. The molecule has 2 aromatic heterocycles. The summed E-state index contributed by atoms with van der Waals surface area (Å²) in [5.41, 5.74) is 8.84. The van der Waals surface area contributed by atoms with E-state index in [9.17, 15) is 0 Å². The van der Waals surface area contributed by atoms with E-state index in [-0.39, 0.29) is 10.7 Å². The first-order chi connectivity index (χ1) is 16.5. The Hall–Kier alpha value is -3.89. The van der Waals surface area contributed by atoms with Crippen LogP contribution in [0.1, 0.15) is 25.0 Å². The van der Waals surface area contributed by atoms with Crippen LogP contribution >= 0.6 is 11.6 Å². The van der Waals surface area contributed by atoms with E-state index < -0.39 is 0 Å². The lowest BCUT2D eigenvalue weighted by Crippen LogP contribution is -2.16. The molecule has 5 aromatic rings. The van der Waals surface area contributed by atoms with Gasteiger partial charge in [0, 0.05) is 28.9 Å². The summed E-state index contributed by atoms with van der Waals surface area (Å²) >= 11 is 6.42. The van der Waals surface area contributed by atoms with Crippen LogP contribution in [-0.2, 0) is 5.41 Å². The molecular formula is C29H21ClN4. The Bertz CT molecular complexity index is 1530. The summed E-state index contributed by atoms with van der Waals surface area (Å²) in [7, 11) is 0. The van der Waals surface area contributed by atoms with E-state index in [0.29, 0.717) is 11.6 Å². The molecule has 0 amide bonds. The Morgan fingerprint density at radius 2 is 1.32 bits per heavy atom. The minimum absolute atomic E-state index is 0.173. The molecule has 0 unspecified atom stereocenters. The maximum Gasteiger partial charge on any atom is 0.226 e. The number of rotatable bonds is 3. The number of benzene rings is 3. The molecule has 0 radical (unpaired) electrons. The van der Waals surface area contributed by atoms with Crippen molar-refractivity contribution in [1.29, 1.82) is 0 Å². The summed E-state index contributed by atoms with van der Waals surface area (Å²) in [6.45, 7) is 4.50. The molecule has 0 saturated carbocycles. The number of fused-ring (bicyclic) bond motifs is 3. The number of nitrogens with zero attached hydrogens (tertiary/aromatic N) is 4. The van der Waals surface area contributed by atoms with Crippen LogP contribution in [0.25, 0.3) is 45.0 Å². The number of pyridine rings is 1. The topological polar surface area (TPSA) is 51.6 Å². The van der Waals surface area contributed by atoms with Gasteiger partial charge in [0.15, 0.2) is 11.6 Å². The van der Waals surface area contributed by atoms with Gasteiger partial charge < -0.3 is 0 Å². The largest absolute Gasteiger partial charge is 0.264 e. The zero-order valence-electron chi connectivity index (χ0n) is 18.8. The third kappa shape index (κ3) is 3.30. The Kier molecular flexibility index (Phi) is 4.78. The lowest BCUT2D eigenvalue weighted by atomic mass is 9.80. The van der Waals surface area contributed by atoms with Gasteiger partial charge in [0.1, 0.15) is 0 Å². The SMILES string of the molecule is CC1(C)c2ccccc2-c2cccc(-c3nc(Cl)nc(-c4ccc(-c5cccnc5)cc4)n3)c21. The van der Waals surface area contributed by atoms with Crippen molar-refractivity contribution in [2.75, 3.05) is 0 Å². The number of aromatic nitrogens is 4. The van der Waals surface area contributed by atoms with Crippen molar-refractivity contribution in [1.82, 2.24) is 19.9 Å². The fourth-order valence-corrected chi connectivity index (χ4v) is 5.14. The Labute approximate surface area is 203 Å². The molecule has 0 N–H and O–H groups in total. The number of hydrogen-bond donors (Lipinski definition) is 0. The van der Waals surface area contributed by atoms with Gasteiger partial charge in [-0.15, -0.1) is 0 Å². The van der Waals surface area contributed by atoms with Gasteiger partial charge in [0.05, 0.1) is 0 Å². The molecule has 0 spiro atoms. The summed E-state index contributed by atoms with van der Waals surface area (Å²) in [6.07, 6.45) is 3.62. The first-order valence-corrected chi connectivity index (χ1v) is 11.6. The summed E-state index contributed by atoms with van der Waals surface area (Å²) < 4.78 is 0. The second-order valence-electron chi connectivity index (χ2n) is 8.97. The highest BCUT2D eigenvalue weighted by molar-refractivity contribution is 6.28. The van der Waals surface area contributed by atoms with Crippen LogP contribution < -0.4 is 0 Å². The molecule has 6 rings (SSSR count). The van der Waals surface area contributed by atoms with Crippen LogP contribution in [0.5, 0.6) is 0 Å². The minimum atomic E-state index is -0.173. The highest BCUT2D eigenvalue weighted by Crippen LogP contribution is 2.51. The molecule has 4 nitrogen and oxygen atoms in total. The third-order valence-electron chi connectivity index (χ3n) is 6.57. The quantitative estimate of drug-likeness (QED) is 0.285. The summed E-state index contributed by atoms with van der Waals surface area (Å²) in [4.78, 5) is 18.0. The fraction of sp³-hybridized carbons (Fsp3) is 0.103. The highest BCUT2D eigenvalue weighted by atomic mass is 35.5. The van der Waals surface area contributed by atoms with Gasteiger partial charge in [-0.2, -0.15) is 9.97 Å². The molecule has 1 aliphatic rings. The van der Waals surface area contributed by atoms with Gasteiger partial charge in [-0.25, -0.2) is 4.98 Å². The maximum absolute atomic E-state index is 6.42. The molecule has 0 saturated heterocycles. The Balaban J connectivity index is 1.46. The molecule has 3 aromatic carbocycles. The van der Waals surface area contributed by atoms with Crippen LogP contribution in [0.15, 0.2) is 91.3 Å². The summed E-state index contributed by atoms with van der Waals surface area (Å²) in [5.74, 6) is 1.14. The molecule has 0 aliphatic heterocycles. The van der Waals surface area contributed by atoms with Crippen molar-refractivity contribution in [3.8, 4) is 45.0 Å². The van der Waals surface area contributed by atoms with Gasteiger partial charge in [-0.1, -0.05) is 86.6 Å². The van der Waals surface area contributed by atoms with Gasteiger partial charge in [0.2, 0.25) is 5.28 Å². The average molecular weight is 461 g/mol. The Morgan fingerprint density at radius 1 is 0.618 bits per heavy atom. The van der Waals surface area contributed by atoms with Crippen molar-refractivity contribution in [2.24, 2.45) is 0 Å². The molecule has 2 heterocycles. The van der Waals surface area contributed by atoms with Crippen LogP contribution in [0.2, 0.25) is 5.28 Å². The second-order valence-corrected chi connectivity index (χ2v) is 9.31. The monoisotopic (exact) mass is 460 g/mol. The molecule has 164 valence electrons. The fourth-order valence-electron chi connectivity index (χ4n) is 4.98.